The maximum absolute atomic E-state index is 11.9. The Labute approximate surface area is 127 Å². The van der Waals surface area contributed by atoms with E-state index in [1.165, 1.54) is 12.1 Å². The number of halogens is 2. The highest BCUT2D eigenvalue weighted by Crippen LogP contribution is 2.30. The highest BCUT2D eigenvalue weighted by molar-refractivity contribution is 6.37. The molecule has 0 radical (unpaired) electrons. The molecule has 0 fully saturated rings. The first-order chi connectivity index (χ1) is 9.22. The molecule has 1 aromatic rings. The molecule has 7 heteroatoms. The summed E-state index contributed by atoms with van der Waals surface area (Å²) in [5, 5.41) is 11.8. The molecular formula is C13H16Cl2N2O3. The molecule has 1 rings (SSSR count). The van der Waals surface area contributed by atoms with Crippen LogP contribution in [-0.2, 0) is 4.79 Å². The van der Waals surface area contributed by atoms with Crippen LogP contribution in [0.1, 0.15) is 30.6 Å². The number of hydrogen-bond donors (Lipinski definition) is 3. The second-order valence-electron chi connectivity index (χ2n) is 4.84. The molecule has 110 valence electrons. The van der Waals surface area contributed by atoms with Crippen LogP contribution in [-0.4, -0.2) is 23.0 Å². The Bertz CT molecular complexity index is 533. The summed E-state index contributed by atoms with van der Waals surface area (Å²) in [6, 6.07) is 1.85. The molecule has 4 N–H and O–H groups in total. The van der Waals surface area contributed by atoms with Crippen molar-refractivity contribution in [3.8, 4) is 0 Å². The summed E-state index contributed by atoms with van der Waals surface area (Å²) in [6.07, 6.45) is 0.486. The van der Waals surface area contributed by atoms with Gasteiger partial charge in [-0.2, -0.15) is 0 Å². The van der Waals surface area contributed by atoms with Crippen molar-refractivity contribution >= 4 is 40.8 Å². The lowest BCUT2D eigenvalue weighted by Crippen LogP contribution is -2.37. The molecule has 0 saturated carbocycles. The number of carboxylic acids is 1. The van der Waals surface area contributed by atoms with Crippen LogP contribution < -0.4 is 11.1 Å². The molecule has 0 spiro atoms. The van der Waals surface area contributed by atoms with Gasteiger partial charge in [-0.25, -0.2) is 4.79 Å². The number of rotatable bonds is 5. The average molecular weight is 319 g/mol. The molecule has 0 aromatic heterocycles. The van der Waals surface area contributed by atoms with Crippen LogP contribution in [0.2, 0.25) is 10.0 Å². The van der Waals surface area contributed by atoms with Gasteiger partial charge in [0.1, 0.15) is 0 Å². The number of carbonyl (C=O) groups excluding carboxylic acids is 1. The first-order valence-corrected chi connectivity index (χ1v) is 6.76. The number of hydrogen-bond acceptors (Lipinski definition) is 3. The van der Waals surface area contributed by atoms with E-state index in [9.17, 15) is 9.59 Å². The van der Waals surface area contributed by atoms with Crippen molar-refractivity contribution in [1.29, 1.82) is 0 Å². The van der Waals surface area contributed by atoms with Gasteiger partial charge >= 0.3 is 5.97 Å². The molecule has 0 heterocycles. The number of benzene rings is 1. The van der Waals surface area contributed by atoms with E-state index in [0.717, 1.165) is 0 Å². The Morgan fingerprint density at radius 2 is 1.95 bits per heavy atom. The third kappa shape index (κ3) is 4.37. The maximum Gasteiger partial charge on any atom is 0.337 e. The minimum absolute atomic E-state index is 0.00720. The summed E-state index contributed by atoms with van der Waals surface area (Å²) in [4.78, 5) is 23.1. The van der Waals surface area contributed by atoms with Gasteiger partial charge in [-0.3, -0.25) is 4.79 Å². The van der Waals surface area contributed by atoms with Gasteiger partial charge < -0.3 is 16.2 Å². The SMILES string of the molecule is CC(C)C[C@@H](N)C(=O)Nc1c(Cl)cc(Cl)cc1C(=O)O. The van der Waals surface area contributed by atoms with E-state index in [0.29, 0.717) is 6.42 Å². The van der Waals surface area contributed by atoms with Crippen molar-refractivity contribution < 1.29 is 14.7 Å². The minimum atomic E-state index is -1.23. The quantitative estimate of drug-likeness (QED) is 0.778. The number of aromatic carboxylic acids is 1. The number of carboxylic acid groups (broad SMARTS) is 1. The summed E-state index contributed by atoms with van der Waals surface area (Å²) >= 11 is 11.7. The first-order valence-electron chi connectivity index (χ1n) is 6.01. The zero-order valence-corrected chi connectivity index (χ0v) is 12.6. The van der Waals surface area contributed by atoms with E-state index in [1.54, 1.807) is 0 Å². The van der Waals surface area contributed by atoms with Crippen molar-refractivity contribution in [2.75, 3.05) is 5.32 Å². The monoisotopic (exact) mass is 318 g/mol. The summed E-state index contributed by atoms with van der Waals surface area (Å²) in [6.45, 7) is 3.87. The Hall–Kier alpha value is -1.30. The molecule has 0 aliphatic carbocycles. The third-order valence-corrected chi connectivity index (χ3v) is 3.11. The van der Waals surface area contributed by atoms with Crippen LogP contribution in [0.15, 0.2) is 12.1 Å². The summed E-state index contributed by atoms with van der Waals surface area (Å²) < 4.78 is 0. The molecule has 0 unspecified atom stereocenters. The molecule has 1 amide bonds. The Balaban J connectivity index is 3.03. The van der Waals surface area contributed by atoms with Gasteiger partial charge in [0, 0.05) is 5.02 Å². The lowest BCUT2D eigenvalue weighted by Gasteiger charge is -2.16. The third-order valence-electron chi connectivity index (χ3n) is 2.60. The van der Waals surface area contributed by atoms with Crippen LogP contribution in [0.5, 0.6) is 0 Å². The van der Waals surface area contributed by atoms with Crippen LogP contribution in [0.25, 0.3) is 0 Å². The van der Waals surface area contributed by atoms with E-state index in [1.807, 2.05) is 13.8 Å². The standard InChI is InChI=1S/C13H16Cl2N2O3/c1-6(2)3-10(16)12(18)17-11-8(13(19)20)4-7(14)5-9(11)15/h4-6,10H,3,16H2,1-2H3,(H,17,18)(H,19,20)/t10-/m1/s1. The molecular weight excluding hydrogens is 303 g/mol. The minimum Gasteiger partial charge on any atom is -0.478 e. The van der Waals surface area contributed by atoms with E-state index in [2.05, 4.69) is 5.32 Å². The molecule has 1 atom stereocenters. The van der Waals surface area contributed by atoms with Gasteiger partial charge in [-0.1, -0.05) is 37.0 Å². The van der Waals surface area contributed by atoms with Crippen LogP contribution in [0.3, 0.4) is 0 Å². The van der Waals surface area contributed by atoms with Crippen molar-refractivity contribution in [2.45, 2.75) is 26.3 Å². The van der Waals surface area contributed by atoms with Gasteiger partial charge in [0.05, 0.1) is 22.3 Å². The van der Waals surface area contributed by atoms with Gasteiger partial charge in [-0.15, -0.1) is 0 Å². The van der Waals surface area contributed by atoms with E-state index in [4.69, 9.17) is 34.0 Å². The smallest absolute Gasteiger partial charge is 0.337 e. The summed E-state index contributed by atoms with van der Waals surface area (Å²) in [7, 11) is 0. The van der Waals surface area contributed by atoms with Crippen LogP contribution in [0, 0.1) is 5.92 Å². The largest absolute Gasteiger partial charge is 0.478 e. The first kappa shape index (κ1) is 16.8. The molecule has 0 aliphatic rings. The van der Waals surface area contributed by atoms with Gasteiger partial charge in [-0.05, 0) is 24.5 Å². The van der Waals surface area contributed by atoms with Crippen LogP contribution in [0.4, 0.5) is 5.69 Å². The number of anilines is 1. The molecule has 20 heavy (non-hydrogen) atoms. The Morgan fingerprint density at radius 3 is 2.45 bits per heavy atom. The summed E-state index contributed by atoms with van der Waals surface area (Å²) in [5.41, 5.74) is 5.58. The van der Waals surface area contributed by atoms with Crippen molar-refractivity contribution in [2.24, 2.45) is 11.7 Å². The van der Waals surface area contributed by atoms with Gasteiger partial charge in [0.15, 0.2) is 0 Å². The normalized spacial score (nSPS) is 12.3. The fraction of sp³-hybridized carbons (Fsp3) is 0.385. The fourth-order valence-electron chi connectivity index (χ4n) is 1.70. The average Bonchev–Trinajstić information content (AvgIpc) is 2.30. The molecule has 5 nitrogen and oxygen atoms in total. The molecule has 0 saturated heterocycles. The Morgan fingerprint density at radius 1 is 1.35 bits per heavy atom. The molecule has 0 bridgehead atoms. The fourth-order valence-corrected chi connectivity index (χ4v) is 2.24. The zero-order chi connectivity index (χ0) is 15.4. The van der Waals surface area contributed by atoms with Gasteiger partial charge in [0.25, 0.3) is 0 Å². The maximum atomic E-state index is 11.9. The van der Waals surface area contributed by atoms with E-state index >= 15 is 0 Å². The number of amides is 1. The predicted octanol–water partition coefficient (Wildman–Crippen LogP) is 3.00. The van der Waals surface area contributed by atoms with Crippen molar-refractivity contribution in [3.05, 3.63) is 27.7 Å². The molecule has 0 aliphatic heterocycles. The highest BCUT2D eigenvalue weighted by Gasteiger charge is 2.21. The summed E-state index contributed by atoms with van der Waals surface area (Å²) in [5.74, 6) is -1.47. The number of carbonyl (C=O) groups is 2. The van der Waals surface area contributed by atoms with Crippen LogP contribution >= 0.6 is 23.2 Å². The second-order valence-corrected chi connectivity index (χ2v) is 5.68. The zero-order valence-electron chi connectivity index (χ0n) is 11.1. The lowest BCUT2D eigenvalue weighted by atomic mass is 10.0. The van der Waals surface area contributed by atoms with Crippen molar-refractivity contribution in [1.82, 2.24) is 0 Å². The number of nitrogens with one attached hydrogen (secondary N) is 1. The Kier molecular flexibility index (Phi) is 5.80. The topological polar surface area (TPSA) is 92.4 Å². The van der Waals surface area contributed by atoms with E-state index < -0.39 is 17.9 Å². The second kappa shape index (κ2) is 6.92. The predicted molar refractivity (Wildman–Crippen MR) is 79.5 cm³/mol. The van der Waals surface area contributed by atoms with Crippen molar-refractivity contribution in [3.63, 3.8) is 0 Å². The van der Waals surface area contributed by atoms with E-state index in [-0.39, 0.29) is 27.2 Å². The lowest BCUT2D eigenvalue weighted by molar-refractivity contribution is -0.117. The number of nitrogens with two attached hydrogens (primary N) is 1. The molecule has 1 aromatic carbocycles. The highest BCUT2D eigenvalue weighted by atomic mass is 35.5. The van der Waals surface area contributed by atoms with Gasteiger partial charge in [0.2, 0.25) is 5.91 Å².